The summed E-state index contributed by atoms with van der Waals surface area (Å²) < 4.78 is 5.27. The second-order valence-corrected chi connectivity index (χ2v) is 4.14. The SMILES string of the molecule is COc1ccccc1Cc1c(Cl)ncnc1Cl. The largest absolute Gasteiger partial charge is 0.496 e. The molecule has 0 atom stereocenters. The Labute approximate surface area is 109 Å². The van der Waals surface area contributed by atoms with Gasteiger partial charge in [0.1, 0.15) is 22.4 Å². The van der Waals surface area contributed by atoms with E-state index in [1.165, 1.54) is 6.33 Å². The van der Waals surface area contributed by atoms with E-state index in [1.807, 2.05) is 24.3 Å². The summed E-state index contributed by atoms with van der Waals surface area (Å²) in [5.74, 6) is 0.795. The molecule has 0 aliphatic heterocycles. The van der Waals surface area contributed by atoms with Crippen molar-refractivity contribution in [3.8, 4) is 5.75 Å². The summed E-state index contributed by atoms with van der Waals surface area (Å²) >= 11 is 12.0. The maximum Gasteiger partial charge on any atom is 0.137 e. The van der Waals surface area contributed by atoms with Gasteiger partial charge in [0.2, 0.25) is 0 Å². The molecule has 0 bridgehead atoms. The molecule has 2 aromatic rings. The van der Waals surface area contributed by atoms with Gasteiger partial charge in [0, 0.05) is 12.0 Å². The summed E-state index contributed by atoms with van der Waals surface area (Å²) in [5, 5.41) is 0.742. The highest BCUT2D eigenvalue weighted by molar-refractivity contribution is 6.34. The highest BCUT2D eigenvalue weighted by Crippen LogP contribution is 2.27. The number of halogens is 2. The Hall–Kier alpha value is -1.32. The van der Waals surface area contributed by atoms with E-state index in [0.717, 1.165) is 11.3 Å². The van der Waals surface area contributed by atoms with Gasteiger partial charge < -0.3 is 4.74 Å². The Bertz CT molecular complexity index is 511. The number of ether oxygens (including phenoxy) is 1. The summed E-state index contributed by atoms with van der Waals surface area (Å²) in [6, 6.07) is 7.69. The van der Waals surface area contributed by atoms with E-state index in [9.17, 15) is 0 Å². The van der Waals surface area contributed by atoms with Crippen molar-refractivity contribution in [2.75, 3.05) is 7.11 Å². The highest BCUT2D eigenvalue weighted by atomic mass is 35.5. The number of nitrogens with zero attached hydrogens (tertiary/aromatic N) is 2. The van der Waals surface area contributed by atoms with Crippen LogP contribution in [0.25, 0.3) is 0 Å². The fourth-order valence-electron chi connectivity index (χ4n) is 1.56. The van der Waals surface area contributed by atoms with Gasteiger partial charge in [0.05, 0.1) is 7.11 Å². The maximum absolute atomic E-state index is 6.00. The van der Waals surface area contributed by atoms with Crippen molar-refractivity contribution in [1.29, 1.82) is 0 Å². The van der Waals surface area contributed by atoms with E-state index in [2.05, 4.69) is 9.97 Å². The van der Waals surface area contributed by atoms with Gasteiger partial charge >= 0.3 is 0 Å². The molecule has 5 heteroatoms. The molecule has 0 fully saturated rings. The Morgan fingerprint density at radius 1 is 1.12 bits per heavy atom. The molecule has 17 heavy (non-hydrogen) atoms. The molecule has 88 valence electrons. The monoisotopic (exact) mass is 268 g/mol. The fourth-order valence-corrected chi connectivity index (χ4v) is 2.00. The summed E-state index contributed by atoms with van der Waals surface area (Å²) in [6.45, 7) is 0. The molecule has 1 heterocycles. The quantitative estimate of drug-likeness (QED) is 0.801. The van der Waals surface area contributed by atoms with Crippen LogP contribution in [-0.2, 0) is 6.42 Å². The van der Waals surface area contributed by atoms with E-state index >= 15 is 0 Å². The molecule has 0 amide bonds. The Kier molecular flexibility index (Phi) is 3.82. The number of methoxy groups -OCH3 is 1. The molecule has 0 radical (unpaired) electrons. The average Bonchev–Trinajstić information content (AvgIpc) is 2.34. The van der Waals surface area contributed by atoms with Gasteiger partial charge in [-0.15, -0.1) is 0 Å². The van der Waals surface area contributed by atoms with E-state index < -0.39 is 0 Å². The van der Waals surface area contributed by atoms with Crippen LogP contribution in [0.2, 0.25) is 10.3 Å². The minimum atomic E-state index is 0.371. The predicted octanol–water partition coefficient (Wildman–Crippen LogP) is 3.38. The average molecular weight is 269 g/mol. The maximum atomic E-state index is 6.00. The lowest BCUT2D eigenvalue weighted by atomic mass is 10.1. The molecule has 0 aliphatic carbocycles. The van der Waals surface area contributed by atoms with Gasteiger partial charge in [-0.3, -0.25) is 0 Å². The van der Waals surface area contributed by atoms with Crippen LogP contribution in [0, 0.1) is 0 Å². The number of rotatable bonds is 3. The third kappa shape index (κ3) is 2.68. The summed E-state index contributed by atoms with van der Waals surface area (Å²) in [4.78, 5) is 7.84. The van der Waals surface area contributed by atoms with E-state index in [-0.39, 0.29) is 0 Å². The highest BCUT2D eigenvalue weighted by Gasteiger charge is 2.11. The molecule has 0 spiro atoms. The summed E-state index contributed by atoms with van der Waals surface area (Å²) in [6.07, 6.45) is 1.89. The molecule has 0 N–H and O–H groups in total. The molecule has 0 aliphatic rings. The number of hydrogen-bond acceptors (Lipinski definition) is 3. The van der Waals surface area contributed by atoms with Crippen LogP contribution in [0.4, 0.5) is 0 Å². The van der Waals surface area contributed by atoms with Crippen molar-refractivity contribution in [3.05, 3.63) is 52.0 Å². The molecule has 1 aromatic heterocycles. The Balaban J connectivity index is 2.38. The van der Waals surface area contributed by atoms with Crippen LogP contribution in [0.3, 0.4) is 0 Å². The fraction of sp³-hybridized carbons (Fsp3) is 0.167. The molecule has 0 unspecified atom stereocenters. The lowest BCUT2D eigenvalue weighted by molar-refractivity contribution is 0.410. The van der Waals surface area contributed by atoms with Crippen molar-refractivity contribution in [3.63, 3.8) is 0 Å². The third-order valence-electron chi connectivity index (χ3n) is 2.40. The molecule has 0 saturated carbocycles. The number of aromatic nitrogens is 2. The minimum Gasteiger partial charge on any atom is -0.496 e. The number of hydrogen-bond donors (Lipinski definition) is 0. The zero-order valence-corrected chi connectivity index (χ0v) is 10.7. The second kappa shape index (κ2) is 5.34. The molecule has 3 nitrogen and oxygen atoms in total. The molecular formula is C12H10Cl2N2O. The van der Waals surface area contributed by atoms with Crippen molar-refractivity contribution >= 4 is 23.2 Å². The van der Waals surface area contributed by atoms with Gasteiger partial charge in [-0.05, 0) is 11.6 Å². The number of para-hydroxylation sites is 1. The topological polar surface area (TPSA) is 35.0 Å². The van der Waals surface area contributed by atoms with Crippen LogP contribution in [0.1, 0.15) is 11.1 Å². The zero-order chi connectivity index (χ0) is 12.3. The van der Waals surface area contributed by atoms with Crippen molar-refractivity contribution in [1.82, 2.24) is 9.97 Å². The summed E-state index contributed by atoms with van der Waals surface area (Å²) in [5.41, 5.74) is 1.70. The van der Waals surface area contributed by atoms with E-state index in [1.54, 1.807) is 7.11 Å². The molecular weight excluding hydrogens is 259 g/mol. The van der Waals surface area contributed by atoms with Crippen molar-refractivity contribution in [2.24, 2.45) is 0 Å². The van der Waals surface area contributed by atoms with Crippen LogP contribution in [0.15, 0.2) is 30.6 Å². The summed E-state index contributed by atoms with van der Waals surface area (Å²) in [7, 11) is 1.63. The van der Waals surface area contributed by atoms with Crippen molar-refractivity contribution < 1.29 is 4.74 Å². The van der Waals surface area contributed by atoms with Crippen LogP contribution in [0.5, 0.6) is 5.75 Å². The zero-order valence-electron chi connectivity index (χ0n) is 9.15. The normalized spacial score (nSPS) is 10.3. The van der Waals surface area contributed by atoms with Gasteiger partial charge in [-0.2, -0.15) is 0 Å². The minimum absolute atomic E-state index is 0.371. The van der Waals surface area contributed by atoms with E-state index in [0.29, 0.717) is 22.3 Å². The van der Waals surface area contributed by atoms with Crippen LogP contribution >= 0.6 is 23.2 Å². The standard InChI is InChI=1S/C12H10Cl2N2O/c1-17-10-5-3-2-4-8(10)6-9-11(13)15-7-16-12(9)14/h2-5,7H,6H2,1H3. The first kappa shape index (κ1) is 12.1. The molecule has 1 aromatic carbocycles. The lowest BCUT2D eigenvalue weighted by Crippen LogP contribution is -1.97. The van der Waals surface area contributed by atoms with Gasteiger partial charge in [0.25, 0.3) is 0 Å². The first-order chi connectivity index (χ1) is 8.22. The Morgan fingerprint density at radius 3 is 2.41 bits per heavy atom. The third-order valence-corrected chi connectivity index (χ3v) is 3.05. The number of benzene rings is 1. The van der Waals surface area contributed by atoms with Gasteiger partial charge in [0.15, 0.2) is 0 Å². The van der Waals surface area contributed by atoms with Gasteiger partial charge in [-0.1, -0.05) is 41.4 Å². The first-order valence-electron chi connectivity index (χ1n) is 4.99. The van der Waals surface area contributed by atoms with Crippen molar-refractivity contribution in [2.45, 2.75) is 6.42 Å². The van der Waals surface area contributed by atoms with Crippen LogP contribution in [-0.4, -0.2) is 17.1 Å². The van der Waals surface area contributed by atoms with Crippen LogP contribution < -0.4 is 4.74 Å². The molecule has 2 rings (SSSR count). The lowest BCUT2D eigenvalue weighted by Gasteiger charge is -2.09. The van der Waals surface area contributed by atoms with Gasteiger partial charge in [-0.25, -0.2) is 9.97 Å². The Morgan fingerprint density at radius 2 is 1.76 bits per heavy atom. The predicted molar refractivity (Wildman–Crippen MR) is 67.9 cm³/mol. The molecule has 0 saturated heterocycles. The smallest absolute Gasteiger partial charge is 0.137 e. The first-order valence-corrected chi connectivity index (χ1v) is 5.74. The van der Waals surface area contributed by atoms with E-state index in [4.69, 9.17) is 27.9 Å². The second-order valence-electron chi connectivity index (χ2n) is 3.42.